The van der Waals surface area contributed by atoms with Gasteiger partial charge in [0.2, 0.25) is 10.0 Å². The van der Waals surface area contributed by atoms with Gasteiger partial charge in [-0.1, -0.05) is 36.4 Å². The molecule has 2 aromatic carbocycles. The Labute approximate surface area is 178 Å². The highest BCUT2D eigenvalue weighted by molar-refractivity contribution is 7.92. The number of hydrogen-bond acceptors (Lipinski definition) is 5. The zero-order valence-corrected chi connectivity index (χ0v) is 18.5. The summed E-state index contributed by atoms with van der Waals surface area (Å²) in [4.78, 5) is 11.9. The molecule has 0 aliphatic heterocycles. The van der Waals surface area contributed by atoms with E-state index in [0.717, 1.165) is 16.5 Å². The SMILES string of the molecule is COc1ccc(CNS(=O)(=O)/C=C/c2ccccc2CNC(=O)OC(C)(C)C)cc1. The molecule has 162 valence electrons. The first-order chi connectivity index (χ1) is 14.1. The topological polar surface area (TPSA) is 93.7 Å². The van der Waals surface area contributed by atoms with Crippen LogP contribution in [0.2, 0.25) is 0 Å². The van der Waals surface area contributed by atoms with Gasteiger partial charge >= 0.3 is 6.09 Å². The average molecular weight is 433 g/mol. The maximum absolute atomic E-state index is 12.3. The summed E-state index contributed by atoms with van der Waals surface area (Å²) in [5.74, 6) is 0.707. The maximum atomic E-state index is 12.3. The maximum Gasteiger partial charge on any atom is 0.407 e. The smallest absolute Gasteiger partial charge is 0.407 e. The second-order valence-corrected chi connectivity index (χ2v) is 9.22. The van der Waals surface area contributed by atoms with Gasteiger partial charge in [0.05, 0.1) is 7.11 Å². The van der Waals surface area contributed by atoms with Crippen LogP contribution in [-0.4, -0.2) is 27.2 Å². The van der Waals surface area contributed by atoms with Crippen LogP contribution in [-0.2, 0) is 27.8 Å². The Balaban J connectivity index is 1.99. The molecule has 0 aliphatic carbocycles. The first-order valence-corrected chi connectivity index (χ1v) is 11.0. The Morgan fingerprint density at radius 3 is 2.33 bits per heavy atom. The minimum Gasteiger partial charge on any atom is -0.497 e. The van der Waals surface area contributed by atoms with Crippen molar-refractivity contribution in [2.45, 2.75) is 39.5 Å². The molecule has 0 bridgehead atoms. The predicted octanol–water partition coefficient (Wildman–Crippen LogP) is 3.81. The molecule has 0 saturated heterocycles. The lowest BCUT2D eigenvalue weighted by atomic mass is 10.1. The summed E-state index contributed by atoms with van der Waals surface area (Å²) >= 11 is 0. The standard InChI is InChI=1S/C22H28N2O5S/c1-22(2,3)29-21(25)23-16-19-8-6-5-7-18(19)13-14-30(26,27)24-15-17-9-11-20(28-4)12-10-17/h5-14,24H,15-16H2,1-4H3,(H,23,25)/b14-13+. The summed E-state index contributed by atoms with van der Waals surface area (Å²) in [5, 5.41) is 3.79. The molecular weight excluding hydrogens is 404 g/mol. The van der Waals surface area contributed by atoms with E-state index in [4.69, 9.17) is 9.47 Å². The Bertz CT molecular complexity index is 977. The van der Waals surface area contributed by atoms with E-state index in [1.165, 1.54) is 6.08 Å². The molecular formula is C22H28N2O5S. The third kappa shape index (κ3) is 8.26. The van der Waals surface area contributed by atoms with Gasteiger partial charge in [-0.2, -0.15) is 0 Å². The molecule has 1 amide bonds. The highest BCUT2D eigenvalue weighted by Gasteiger charge is 2.16. The number of alkyl carbamates (subject to hydrolysis) is 1. The first-order valence-electron chi connectivity index (χ1n) is 9.43. The van der Waals surface area contributed by atoms with E-state index in [0.29, 0.717) is 11.3 Å². The zero-order chi connectivity index (χ0) is 22.2. The van der Waals surface area contributed by atoms with Crippen molar-refractivity contribution in [1.29, 1.82) is 0 Å². The largest absolute Gasteiger partial charge is 0.497 e. The van der Waals surface area contributed by atoms with Crippen molar-refractivity contribution >= 4 is 22.2 Å². The molecule has 30 heavy (non-hydrogen) atoms. The van der Waals surface area contributed by atoms with E-state index in [1.54, 1.807) is 64.3 Å². The van der Waals surface area contributed by atoms with Gasteiger partial charge < -0.3 is 14.8 Å². The van der Waals surface area contributed by atoms with E-state index >= 15 is 0 Å². The second-order valence-electron chi connectivity index (χ2n) is 7.57. The Morgan fingerprint density at radius 2 is 1.70 bits per heavy atom. The number of sulfonamides is 1. The molecule has 0 aromatic heterocycles. The fraction of sp³-hybridized carbons (Fsp3) is 0.318. The zero-order valence-electron chi connectivity index (χ0n) is 17.6. The summed E-state index contributed by atoms with van der Waals surface area (Å²) < 4.78 is 37.5. The molecule has 0 saturated carbocycles. The summed E-state index contributed by atoms with van der Waals surface area (Å²) in [6, 6.07) is 14.3. The van der Waals surface area contributed by atoms with Crippen molar-refractivity contribution in [3.63, 3.8) is 0 Å². The number of rotatable bonds is 8. The van der Waals surface area contributed by atoms with Crippen molar-refractivity contribution in [2.24, 2.45) is 0 Å². The van der Waals surface area contributed by atoms with E-state index < -0.39 is 21.7 Å². The monoisotopic (exact) mass is 432 g/mol. The predicted molar refractivity (Wildman–Crippen MR) is 117 cm³/mol. The van der Waals surface area contributed by atoms with Gasteiger partial charge in [-0.25, -0.2) is 17.9 Å². The molecule has 2 aromatic rings. The lowest BCUT2D eigenvalue weighted by Crippen LogP contribution is -2.32. The molecule has 8 heteroatoms. The van der Waals surface area contributed by atoms with Gasteiger partial charge in [-0.05, 0) is 55.7 Å². The van der Waals surface area contributed by atoms with Crippen LogP contribution in [0.15, 0.2) is 53.9 Å². The van der Waals surface area contributed by atoms with Gasteiger partial charge in [-0.3, -0.25) is 0 Å². The van der Waals surface area contributed by atoms with Gasteiger partial charge in [-0.15, -0.1) is 0 Å². The van der Waals surface area contributed by atoms with Crippen molar-refractivity contribution in [2.75, 3.05) is 7.11 Å². The Morgan fingerprint density at radius 1 is 1.03 bits per heavy atom. The summed E-state index contributed by atoms with van der Waals surface area (Å²) in [7, 11) is -2.07. The summed E-state index contributed by atoms with van der Waals surface area (Å²) in [6.45, 7) is 5.74. The highest BCUT2D eigenvalue weighted by Crippen LogP contribution is 2.14. The number of benzene rings is 2. The molecule has 0 unspecified atom stereocenters. The van der Waals surface area contributed by atoms with E-state index in [1.807, 2.05) is 12.1 Å². The number of hydrogen-bond donors (Lipinski definition) is 2. The van der Waals surface area contributed by atoms with Crippen molar-refractivity contribution < 1.29 is 22.7 Å². The van der Waals surface area contributed by atoms with Crippen LogP contribution in [0.4, 0.5) is 4.79 Å². The van der Waals surface area contributed by atoms with Crippen LogP contribution in [0.25, 0.3) is 6.08 Å². The number of carbonyl (C=O) groups excluding carboxylic acids is 1. The first kappa shape index (κ1) is 23.4. The molecule has 0 atom stereocenters. The average Bonchev–Trinajstić information content (AvgIpc) is 2.69. The molecule has 2 rings (SSSR count). The van der Waals surface area contributed by atoms with Gasteiger partial charge in [0, 0.05) is 18.5 Å². The van der Waals surface area contributed by atoms with Crippen LogP contribution in [0.5, 0.6) is 5.75 Å². The molecule has 0 spiro atoms. The molecule has 0 heterocycles. The number of ether oxygens (including phenoxy) is 2. The minimum atomic E-state index is -3.64. The summed E-state index contributed by atoms with van der Waals surface area (Å²) in [5.41, 5.74) is 1.68. The van der Waals surface area contributed by atoms with Crippen LogP contribution in [0.1, 0.15) is 37.5 Å². The van der Waals surface area contributed by atoms with E-state index in [9.17, 15) is 13.2 Å². The Kier molecular flexibility index (Phi) is 8.02. The van der Waals surface area contributed by atoms with Gasteiger partial charge in [0.1, 0.15) is 11.4 Å². The molecule has 0 fully saturated rings. The fourth-order valence-electron chi connectivity index (χ4n) is 2.48. The van der Waals surface area contributed by atoms with Gasteiger partial charge in [0.15, 0.2) is 0 Å². The molecule has 2 N–H and O–H groups in total. The lowest BCUT2D eigenvalue weighted by Gasteiger charge is -2.19. The van der Waals surface area contributed by atoms with Crippen LogP contribution in [0.3, 0.4) is 0 Å². The fourth-order valence-corrected chi connectivity index (χ4v) is 3.27. The minimum absolute atomic E-state index is 0.165. The van der Waals surface area contributed by atoms with E-state index in [2.05, 4.69) is 10.0 Å². The summed E-state index contributed by atoms with van der Waals surface area (Å²) in [6.07, 6.45) is 0.970. The Hall–Kier alpha value is -2.84. The highest BCUT2D eigenvalue weighted by atomic mass is 32.2. The van der Waals surface area contributed by atoms with Crippen molar-refractivity contribution in [3.8, 4) is 5.75 Å². The van der Waals surface area contributed by atoms with Crippen molar-refractivity contribution in [1.82, 2.24) is 10.0 Å². The van der Waals surface area contributed by atoms with Crippen molar-refractivity contribution in [3.05, 3.63) is 70.6 Å². The van der Waals surface area contributed by atoms with Crippen LogP contribution < -0.4 is 14.8 Å². The van der Waals surface area contributed by atoms with E-state index in [-0.39, 0.29) is 13.1 Å². The third-order valence-corrected chi connectivity index (χ3v) is 4.98. The van der Waals surface area contributed by atoms with Crippen LogP contribution >= 0.6 is 0 Å². The molecule has 7 nitrogen and oxygen atoms in total. The van der Waals surface area contributed by atoms with Gasteiger partial charge in [0.25, 0.3) is 0 Å². The molecule has 0 radical (unpaired) electrons. The number of carbonyl (C=O) groups is 1. The third-order valence-electron chi connectivity index (χ3n) is 3.94. The second kappa shape index (κ2) is 10.3. The number of methoxy groups -OCH3 is 1. The quantitative estimate of drug-likeness (QED) is 0.662. The van der Waals surface area contributed by atoms with Crippen LogP contribution in [0, 0.1) is 0 Å². The molecule has 0 aliphatic rings. The number of amides is 1. The lowest BCUT2D eigenvalue weighted by molar-refractivity contribution is 0.0523. The number of nitrogens with one attached hydrogen (secondary N) is 2. The normalized spacial score (nSPS) is 12.0.